The molecular formula is C15H11N5. The van der Waals surface area contributed by atoms with E-state index in [0.29, 0.717) is 0 Å². The van der Waals surface area contributed by atoms with Crippen LogP contribution in [0, 0.1) is 0 Å². The van der Waals surface area contributed by atoms with E-state index in [9.17, 15) is 0 Å². The molecule has 0 fully saturated rings. The molecule has 0 unspecified atom stereocenters. The number of benzene rings is 2. The highest BCUT2D eigenvalue weighted by molar-refractivity contribution is 5.91. The molecule has 2 aromatic carbocycles. The van der Waals surface area contributed by atoms with Crippen LogP contribution in [-0.4, -0.2) is 25.2 Å². The van der Waals surface area contributed by atoms with Crippen LogP contribution in [0.4, 0.5) is 0 Å². The summed E-state index contributed by atoms with van der Waals surface area (Å²) >= 11 is 0. The zero-order valence-electron chi connectivity index (χ0n) is 10.6. The third-order valence-corrected chi connectivity index (χ3v) is 3.23. The average molecular weight is 261 g/mol. The van der Waals surface area contributed by atoms with Gasteiger partial charge in [0.05, 0.1) is 17.4 Å². The standard InChI is InChI=1S/C15H11N5/c1-2-6-11(7-3-1)20-10-14(17-19-20)15-12-8-4-5-9-13(12)16-18-15/h1-10H,(H,16,18). The number of nitrogens with zero attached hydrogens (tertiary/aromatic N) is 4. The summed E-state index contributed by atoms with van der Waals surface area (Å²) in [5.41, 5.74) is 3.55. The SMILES string of the molecule is c1ccc(-n2cc(-c3n[nH]c4ccccc34)nn2)cc1. The number of fused-ring (bicyclic) bond motifs is 1. The molecule has 0 aliphatic carbocycles. The molecule has 20 heavy (non-hydrogen) atoms. The number of aromatic nitrogens is 5. The Morgan fingerprint density at radius 2 is 1.70 bits per heavy atom. The Bertz CT molecular complexity index is 860. The Labute approximate surface area is 114 Å². The van der Waals surface area contributed by atoms with Gasteiger partial charge < -0.3 is 0 Å². The maximum Gasteiger partial charge on any atom is 0.134 e. The van der Waals surface area contributed by atoms with Crippen molar-refractivity contribution in [1.82, 2.24) is 25.2 Å². The van der Waals surface area contributed by atoms with Crippen molar-refractivity contribution in [2.24, 2.45) is 0 Å². The van der Waals surface area contributed by atoms with Crippen molar-refractivity contribution in [3.05, 3.63) is 60.8 Å². The van der Waals surface area contributed by atoms with Crippen LogP contribution in [0.5, 0.6) is 0 Å². The number of rotatable bonds is 2. The number of aromatic amines is 1. The summed E-state index contributed by atoms with van der Waals surface area (Å²) in [5.74, 6) is 0. The van der Waals surface area contributed by atoms with Crippen molar-refractivity contribution in [1.29, 1.82) is 0 Å². The summed E-state index contributed by atoms with van der Waals surface area (Å²) in [4.78, 5) is 0. The molecule has 2 heterocycles. The molecule has 0 saturated heterocycles. The summed E-state index contributed by atoms with van der Waals surface area (Å²) in [6.45, 7) is 0. The highest BCUT2D eigenvalue weighted by Gasteiger charge is 2.11. The second-order valence-corrected chi connectivity index (χ2v) is 4.50. The quantitative estimate of drug-likeness (QED) is 0.603. The molecule has 96 valence electrons. The van der Waals surface area contributed by atoms with E-state index in [1.165, 1.54) is 0 Å². The predicted octanol–water partition coefficient (Wildman–Crippen LogP) is 2.81. The van der Waals surface area contributed by atoms with E-state index in [0.717, 1.165) is 28.0 Å². The summed E-state index contributed by atoms with van der Waals surface area (Å²) in [7, 11) is 0. The van der Waals surface area contributed by atoms with Crippen LogP contribution < -0.4 is 0 Å². The number of nitrogens with one attached hydrogen (secondary N) is 1. The Morgan fingerprint density at radius 1 is 0.900 bits per heavy atom. The largest absolute Gasteiger partial charge is 0.277 e. The minimum Gasteiger partial charge on any atom is -0.277 e. The fourth-order valence-corrected chi connectivity index (χ4v) is 2.24. The van der Waals surface area contributed by atoms with E-state index in [2.05, 4.69) is 20.5 Å². The number of H-pyrrole nitrogens is 1. The third-order valence-electron chi connectivity index (χ3n) is 3.23. The molecule has 0 bridgehead atoms. The van der Waals surface area contributed by atoms with Crippen LogP contribution in [0.3, 0.4) is 0 Å². The van der Waals surface area contributed by atoms with E-state index in [1.54, 1.807) is 4.68 Å². The molecule has 1 N–H and O–H groups in total. The van der Waals surface area contributed by atoms with Gasteiger partial charge >= 0.3 is 0 Å². The van der Waals surface area contributed by atoms with E-state index in [-0.39, 0.29) is 0 Å². The topological polar surface area (TPSA) is 59.4 Å². The number of para-hydroxylation sites is 2. The second kappa shape index (κ2) is 4.31. The smallest absolute Gasteiger partial charge is 0.134 e. The van der Waals surface area contributed by atoms with Gasteiger partial charge in [-0.2, -0.15) is 5.10 Å². The molecule has 5 nitrogen and oxygen atoms in total. The van der Waals surface area contributed by atoms with Gasteiger partial charge in [0.1, 0.15) is 11.4 Å². The summed E-state index contributed by atoms with van der Waals surface area (Å²) < 4.78 is 1.75. The van der Waals surface area contributed by atoms with E-state index in [1.807, 2.05) is 60.8 Å². The van der Waals surface area contributed by atoms with Crippen LogP contribution >= 0.6 is 0 Å². The molecule has 0 radical (unpaired) electrons. The van der Waals surface area contributed by atoms with Crippen molar-refractivity contribution in [2.45, 2.75) is 0 Å². The molecule has 4 aromatic rings. The first-order valence-electron chi connectivity index (χ1n) is 6.33. The van der Waals surface area contributed by atoms with Gasteiger partial charge in [0.15, 0.2) is 0 Å². The molecular weight excluding hydrogens is 250 g/mol. The average Bonchev–Trinajstić information content (AvgIpc) is 3.14. The van der Waals surface area contributed by atoms with Crippen LogP contribution in [-0.2, 0) is 0 Å². The molecule has 0 atom stereocenters. The highest BCUT2D eigenvalue weighted by Crippen LogP contribution is 2.24. The van der Waals surface area contributed by atoms with Crippen molar-refractivity contribution in [3.63, 3.8) is 0 Å². The fourth-order valence-electron chi connectivity index (χ4n) is 2.24. The molecule has 0 saturated carbocycles. The third kappa shape index (κ3) is 1.68. The lowest BCUT2D eigenvalue weighted by Crippen LogP contribution is -1.93. The minimum atomic E-state index is 0.756. The van der Waals surface area contributed by atoms with E-state index >= 15 is 0 Å². The maximum absolute atomic E-state index is 4.33. The van der Waals surface area contributed by atoms with Crippen molar-refractivity contribution in [2.75, 3.05) is 0 Å². The zero-order chi connectivity index (χ0) is 13.4. The Kier molecular flexibility index (Phi) is 2.35. The second-order valence-electron chi connectivity index (χ2n) is 4.50. The normalized spacial score (nSPS) is 11.0. The predicted molar refractivity (Wildman–Crippen MR) is 76.4 cm³/mol. The Balaban J connectivity index is 1.82. The van der Waals surface area contributed by atoms with Crippen LogP contribution in [0.25, 0.3) is 28.0 Å². The number of hydrogen-bond donors (Lipinski definition) is 1. The van der Waals surface area contributed by atoms with E-state index < -0.39 is 0 Å². The Morgan fingerprint density at radius 3 is 2.60 bits per heavy atom. The van der Waals surface area contributed by atoms with Crippen molar-refractivity contribution < 1.29 is 0 Å². The van der Waals surface area contributed by atoms with Crippen LogP contribution in [0.2, 0.25) is 0 Å². The Hall–Kier alpha value is -2.95. The molecule has 0 aliphatic rings. The monoisotopic (exact) mass is 261 g/mol. The number of hydrogen-bond acceptors (Lipinski definition) is 3. The molecule has 0 spiro atoms. The van der Waals surface area contributed by atoms with Gasteiger partial charge in [0.25, 0.3) is 0 Å². The summed E-state index contributed by atoms with van der Waals surface area (Å²) in [5, 5.41) is 16.8. The molecule has 0 aliphatic heterocycles. The summed E-state index contributed by atoms with van der Waals surface area (Å²) in [6.07, 6.45) is 1.89. The summed E-state index contributed by atoms with van der Waals surface area (Å²) in [6, 6.07) is 17.9. The molecule has 2 aromatic heterocycles. The van der Waals surface area contributed by atoms with Crippen molar-refractivity contribution >= 4 is 10.9 Å². The fraction of sp³-hybridized carbons (Fsp3) is 0. The molecule has 5 heteroatoms. The molecule has 0 amide bonds. The lowest BCUT2D eigenvalue weighted by atomic mass is 10.2. The van der Waals surface area contributed by atoms with Gasteiger partial charge in [-0.15, -0.1) is 5.10 Å². The highest BCUT2D eigenvalue weighted by atomic mass is 15.4. The molecule has 4 rings (SSSR count). The first kappa shape index (κ1) is 10.9. The van der Waals surface area contributed by atoms with Crippen molar-refractivity contribution in [3.8, 4) is 17.1 Å². The lowest BCUT2D eigenvalue weighted by molar-refractivity contribution is 0.803. The van der Waals surface area contributed by atoms with Gasteiger partial charge in [-0.25, -0.2) is 4.68 Å². The maximum atomic E-state index is 4.33. The van der Waals surface area contributed by atoms with E-state index in [4.69, 9.17) is 0 Å². The van der Waals surface area contributed by atoms with Crippen LogP contribution in [0.15, 0.2) is 60.8 Å². The van der Waals surface area contributed by atoms with Crippen LogP contribution in [0.1, 0.15) is 0 Å². The van der Waals surface area contributed by atoms with Gasteiger partial charge in [-0.1, -0.05) is 41.6 Å². The zero-order valence-corrected chi connectivity index (χ0v) is 10.6. The first-order valence-corrected chi connectivity index (χ1v) is 6.33. The minimum absolute atomic E-state index is 0.756. The first-order chi connectivity index (χ1) is 9.92. The van der Waals surface area contributed by atoms with Gasteiger partial charge in [0, 0.05) is 5.39 Å². The van der Waals surface area contributed by atoms with Gasteiger partial charge in [-0.05, 0) is 18.2 Å². The van der Waals surface area contributed by atoms with Gasteiger partial charge in [-0.3, -0.25) is 5.10 Å². The lowest BCUT2D eigenvalue weighted by Gasteiger charge is -1.97. The van der Waals surface area contributed by atoms with Gasteiger partial charge in [0.2, 0.25) is 0 Å².